The monoisotopic (exact) mass is 365 g/mol. The van der Waals surface area contributed by atoms with Gasteiger partial charge in [0.25, 0.3) is 0 Å². The van der Waals surface area contributed by atoms with E-state index in [1.54, 1.807) is 18.3 Å². The van der Waals surface area contributed by atoms with Gasteiger partial charge in [0.2, 0.25) is 5.78 Å². The van der Waals surface area contributed by atoms with Gasteiger partial charge in [-0.1, -0.05) is 78.9 Å². The molecule has 0 aliphatic heterocycles. The van der Waals surface area contributed by atoms with Crippen LogP contribution >= 0.6 is 0 Å². The molecule has 0 bridgehead atoms. The minimum absolute atomic E-state index is 0.153. The van der Waals surface area contributed by atoms with Crippen LogP contribution in [0.1, 0.15) is 27.2 Å². The van der Waals surface area contributed by atoms with E-state index < -0.39 is 0 Å². The summed E-state index contributed by atoms with van der Waals surface area (Å²) in [6, 6.07) is 26.6. The lowest BCUT2D eigenvalue weighted by Gasteiger charge is -2.04. The van der Waals surface area contributed by atoms with Crippen molar-refractivity contribution in [1.29, 1.82) is 0 Å². The Balaban J connectivity index is 1.74. The molecule has 3 aromatic carbocycles. The summed E-state index contributed by atoms with van der Waals surface area (Å²) in [4.78, 5) is 16.3. The van der Waals surface area contributed by atoms with Gasteiger partial charge in [-0.2, -0.15) is 5.10 Å². The molecule has 4 aromatic rings. The third kappa shape index (κ3) is 3.53. The number of nitrogens with one attached hydrogen (secondary N) is 1. The van der Waals surface area contributed by atoms with E-state index in [0.29, 0.717) is 11.3 Å². The second-order valence-corrected chi connectivity index (χ2v) is 6.46. The molecule has 0 aliphatic carbocycles. The predicted molar refractivity (Wildman–Crippen MR) is 114 cm³/mol. The molecule has 4 heteroatoms. The van der Waals surface area contributed by atoms with Crippen molar-refractivity contribution in [1.82, 2.24) is 4.98 Å². The molecule has 4 nitrogen and oxygen atoms in total. The zero-order valence-electron chi connectivity index (χ0n) is 15.5. The number of benzene rings is 3. The number of aryl methyl sites for hydroxylation is 1. The van der Waals surface area contributed by atoms with E-state index in [-0.39, 0.29) is 5.78 Å². The summed E-state index contributed by atoms with van der Waals surface area (Å²) in [5.74, 6) is -0.153. The molecule has 4 rings (SSSR count). The Kier molecular flexibility index (Phi) is 4.93. The Bertz CT molecular complexity index is 1170. The zero-order valence-corrected chi connectivity index (χ0v) is 15.5. The highest BCUT2D eigenvalue weighted by atomic mass is 16.1. The number of aromatic nitrogens is 1. The molecule has 0 spiro atoms. The number of hydrogen-bond donors (Lipinski definition) is 1. The van der Waals surface area contributed by atoms with Gasteiger partial charge in [-0.25, -0.2) is 0 Å². The summed E-state index contributed by atoms with van der Waals surface area (Å²) in [6.45, 7) is 2.00. The third-order valence-electron chi connectivity index (χ3n) is 4.59. The van der Waals surface area contributed by atoms with Crippen molar-refractivity contribution in [2.45, 2.75) is 6.92 Å². The molecule has 0 atom stereocenters. The van der Waals surface area contributed by atoms with Gasteiger partial charge in [-0.05, 0) is 13.0 Å². The molecule has 0 aliphatic rings. The van der Waals surface area contributed by atoms with Crippen molar-refractivity contribution in [2.24, 2.45) is 10.2 Å². The van der Waals surface area contributed by atoms with Crippen LogP contribution in [-0.2, 0) is 0 Å². The second-order valence-electron chi connectivity index (χ2n) is 6.46. The molecule has 0 radical (unpaired) electrons. The van der Waals surface area contributed by atoms with Crippen LogP contribution < -0.4 is 0 Å². The number of H-pyrrole nitrogens is 1. The Morgan fingerprint density at radius 1 is 0.821 bits per heavy atom. The fraction of sp³-hybridized carbons (Fsp3) is 0.0417. The molecule has 0 fully saturated rings. The normalized spacial score (nSPS) is 12.0. The number of para-hydroxylation sites is 1. The largest absolute Gasteiger partial charge is 0.358 e. The average molecular weight is 365 g/mol. The number of fused-ring (bicyclic) bond motifs is 1. The molecule has 0 saturated carbocycles. The summed E-state index contributed by atoms with van der Waals surface area (Å²) < 4.78 is 0. The Morgan fingerprint density at radius 3 is 2.14 bits per heavy atom. The number of nitrogens with zero attached hydrogens (tertiary/aromatic N) is 2. The Morgan fingerprint density at radius 2 is 1.43 bits per heavy atom. The summed E-state index contributed by atoms with van der Waals surface area (Å²) in [5, 5.41) is 9.66. The molecule has 0 saturated heterocycles. The van der Waals surface area contributed by atoms with Crippen molar-refractivity contribution >= 4 is 28.6 Å². The standard InChI is InChI=1S/C24H19N3O/c1-17-21(20-14-8-9-15-22(20)26-17)16-25-27-23(18-10-4-2-5-11-18)24(28)19-12-6-3-7-13-19/h2-16,26H,1H3/b25-16+,27-23?. The van der Waals surface area contributed by atoms with Crippen molar-refractivity contribution in [2.75, 3.05) is 0 Å². The van der Waals surface area contributed by atoms with Crippen LogP contribution in [0.4, 0.5) is 0 Å². The predicted octanol–water partition coefficient (Wildman–Crippen LogP) is 5.18. The van der Waals surface area contributed by atoms with Crippen LogP contribution in [0.2, 0.25) is 0 Å². The molecule has 0 amide bonds. The van der Waals surface area contributed by atoms with E-state index in [4.69, 9.17) is 0 Å². The second kappa shape index (κ2) is 7.84. The first-order valence-corrected chi connectivity index (χ1v) is 9.07. The van der Waals surface area contributed by atoms with Gasteiger partial charge in [0.05, 0.1) is 6.21 Å². The number of carbonyl (C=O) groups is 1. The van der Waals surface area contributed by atoms with Gasteiger partial charge in [0, 0.05) is 33.3 Å². The van der Waals surface area contributed by atoms with Gasteiger partial charge < -0.3 is 4.98 Å². The van der Waals surface area contributed by atoms with Gasteiger partial charge >= 0.3 is 0 Å². The molecule has 28 heavy (non-hydrogen) atoms. The SMILES string of the molecule is Cc1[nH]c2ccccc2c1/C=N/N=C(C(=O)c1ccccc1)c1ccccc1. The maximum absolute atomic E-state index is 13.0. The zero-order chi connectivity index (χ0) is 19.3. The molecule has 1 N–H and O–H groups in total. The van der Waals surface area contributed by atoms with E-state index in [9.17, 15) is 4.79 Å². The number of aromatic amines is 1. The Hall–Kier alpha value is -3.79. The van der Waals surface area contributed by atoms with E-state index >= 15 is 0 Å². The van der Waals surface area contributed by atoms with E-state index in [2.05, 4.69) is 15.2 Å². The fourth-order valence-corrected chi connectivity index (χ4v) is 3.17. The molecule has 0 unspecified atom stereocenters. The van der Waals surface area contributed by atoms with Crippen LogP contribution in [0.5, 0.6) is 0 Å². The van der Waals surface area contributed by atoms with E-state index in [0.717, 1.165) is 27.7 Å². The van der Waals surface area contributed by atoms with Crippen LogP contribution in [-0.4, -0.2) is 22.7 Å². The minimum atomic E-state index is -0.153. The van der Waals surface area contributed by atoms with E-state index in [1.165, 1.54) is 0 Å². The average Bonchev–Trinajstić information content (AvgIpc) is 3.07. The highest BCUT2D eigenvalue weighted by Gasteiger charge is 2.16. The van der Waals surface area contributed by atoms with E-state index in [1.807, 2.05) is 79.7 Å². The molecular weight excluding hydrogens is 346 g/mol. The molecule has 1 heterocycles. The number of carbonyl (C=O) groups excluding carboxylic acids is 1. The number of Topliss-reactive ketones (excluding diaryl/α,β-unsaturated/α-hetero) is 1. The van der Waals surface area contributed by atoms with Crippen molar-refractivity contribution < 1.29 is 4.79 Å². The molecule has 136 valence electrons. The van der Waals surface area contributed by atoms with Crippen LogP contribution in [0.25, 0.3) is 10.9 Å². The maximum Gasteiger partial charge on any atom is 0.213 e. The summed E-state index contributed by atoms with van der Waals surface area (Å²) in [5.41, 5.74) is 4.68. The third-order valence-corrected chi connectivity index (χ3v) is 4.59. The highest BCUT2D eigenvalue weighted by Crippen LogP contribution is 2.20. The van der Waals surface area contributed by atoms with Crippen LogP contribution in [0.3, 0.4) is 0 Å². The topological polar surface area (TPSA) is 57.6 Å². The van der Waals surface area contributed by atoms with Crippen LogP contribution in [0.15, 0.2) is 95.1 Å². The first-order valence-electron chi connectivity index (χ1n) is 9.07. The lowest BCUT2D eigenvalue weighted by atomic mass is 10.0. The fourth-order valence-electron chi connectivity index (χ4n) is 3.17. The number of hydrogen-bond acceptors (Lipinski definition) is 3. The lowest BCUT2D eigenvalue weighted by Crippen LogP contribution is -2.15. The van der Waals surface area contributed by atoms with Gasteiger partial charge in [-0.3, -0.25) is 4.79 Å². The number of rotatable bonds is 5. The smallest absolute Gasteiger partial charge is 0.213 e. The van der Waals surface area contributed by atoms with Crippen LogP contribution in [0, 0.1) is 6.92 Å². The van der Waals surface area contributed by atoms with Gasteiger partial charge in [0.15, 0.2) is 0 Å². The molecular formula is C24H19N3O. The quantitative estimate of drug-likeness (QED) is 0.296. The first kappa shape index (κ1) is 17.6. The van der Waals surface area contributed by atoms with Crippen molar-refractivity contribution in [3.05, 3.63) is 107 Å². The van der Waals surface area contributed by atoms with Gasteiger partial charge in [0.1, 0.15) is 5.71 Å². The summed E-state index contributed by atoms with van der Waals surface area (Å²) in [7, 11) is 0. The highest BCUT2D eigenvalue weighted by molar-refractivity contribution is 6.51. The summed E-state index contributed by atoms with van der Waals surface area (Å²) >= 11 is 0. The lowest BCUT2D eigenvalue weighted by molar-refractivity contribution is 0.106. The maximum atomic E-state index is 13.0. The number of ketones is 1. The van der Waals surface area contributed by atoms with Gasteiger partial charge in [-0.15, -0.1) is 5.10 Å². The Labute approximate surface area is 163 Å². The first-order chi connectivity index (χ1) is 13.7. The minimum Gasteiger partial charge on any atom is -0.358 e. The molecule has 1 aromatic heterocycles. The van der Waals surface area contributed by atoms with Crippen molar-refractivity contribution in [3.8, 4) is 0 Å². The summed E-state index contributed by atoms with van der Waals surface area (Å²) in [6.07, 6.45) is 1.70. The van der Waals surface area contributed by atoms with Crippen molar-refractivity contribution in [3.63, 3.8) is 0 Å².